The largest absolute Gasteiger partial charge is 0.493 e. The lowest BCUT2D eigenvalue weighted by atomic mass is 9.82. The van der Waals surface area contributed by atoms with Crippen LogP contribution in [0.3, 0.4) is 0 Å². The first-order chi connectivity index (χ1) is 36.2. The minimum atomic E-state index is -0.417. The van der Waals surface area contributed by atoms with Gasteiger partial charge >= 0.3 is 23.9 Å². The first-order valence-corrected chi connectivity index (χ1v) is 28.1. The van der Waals surface area contributed by atoms with Crippen molar-refractivity contribution >= 4 is 56.8 Å². The molecule has 2 aliphatic carbocycles. The van der Waals surface area contributed by atoms with E-state index in [9.17, 15) is 19.2 Å². The number of nitrogens with zero attached hydrogens (tertiary/aromatic N) is 3. The van der Waals surface area contributed by atoms with Crippen molar-refractivity contribution < 1.29 is 42.9 Å². The number of aromatic nitrogens is 1. The summed E-state index contributed by atoms with van der Waals surface area (Å²) in [5.74, 6) is 0.347. The summed E-state index contributed by atoms with van der Waals surface area (Å²) in [4.78, 5) is 56.6. The van der Waals surface area contributed by atoms with Crippen LogP contribution >= 0.6 is 11.3 Å². The van der Waals surface area contributed by atoms with Gasteiger partial charge in [-0.25, -0.2) is 14.8 Å². The summed E-state index contributed by atoms with van der Waals surface area (Å²) in [5, 5.41) is 7.66. The number of hydrogen-bond acceptors (Lipinski definition) is 13. The van der Waals surface area contributed by atoms with Gasteiger partial charge in [0.1, 0.15) is 23.0 Å². The normalized spacial score (nSPS) is 17.6. The highest BCUT2D eigenvalue weighted by atomic mass is 32.1. The van der Waals surface area contributed by atoms with Crippen molar-refractivity contribution in [3.05, 3.63) is 120 Å². The summed E-state index contributed by atoms with van der Waals surface area (Å²) in [5.41, 5.74) is 4.02. The Morgan fingerprint density at radius 1 is 0.649 bits per heavy atom. The molecule has 0 aliphatic heterocycles. The Balaban J connectivity index is 0.987. The fourth-order valence-electron chi connectivity index (χ4n) is 9.62. The van der Waals surface area contributed by atoms with E-state index in [0.717, 1.165) is 92.4 Å². The van der Waals surface area contributed by atoms with Crippen LogP contribution < -0.4 is 24.0 Å². The lowest BCUT2D eigenvalue weighted by Crippen LogP contribution is -2.30. The molecule has 1 aromatic heterocycles. The Bertz CT molecular complexity index is 2560. The lowest BCUT2D eigenvalue weighted by molar-refractivity contribution is -0.145. The van der Waals surface area contributed by atoms with Gasteiger partial charge in [-0.2, -0.15) is 5.10 Å². The number of hydrogen-bond donors (Lipinski definition) is 0. The molecular weight excluding hydrogens is 951 g/mol. The Morgan fingerprint density at radius 3 is 1.76 bits per heavy atom. The van der Waals surface area contributed by atoms with E-state index in [1.807, 2.05) is 71.7 Å². The molecule has 1 heterocycles. The fraction of sp³-hybridized carbons (Fsp3) is 0.475. The number of anilines is 1. The van der Waals surface area contributed by atoms with E-state index < -0.39 is 5.97 Å². The monoisotopic (exact) mass is 1030 g/mol. The van der Waals surface area contributed by atoms with Crippen molar-refractivity contribution in [2.24, 2.45) is 28.8 Å². The number of aryl methyl sites for hydroxylation is 2. The third-order valence-corrected chi connectivity index (χ3v) is 15.2. The highest BCUT2D eigenvalue weighted by Gasteiger charge is 2.33. The van der Waals surface area contributed by atoms with Crippen LogP contribution in [-0.4, -0.2) is 54.8 Å². The number of unbranched alkanes of at least 4 members (excludes halogenated alkanes) is 7. The predicted molar refractivity (Wildman–Crippen MR) is 293 cm³/mol. The molecule has 0 amide bonds. The number of ether oxygens (including phenoxy) is 5. The molecule has 13 heteroatoms. The van der Waals surface area contributed by atoms with Crippen LogP contribution in [0.5, 0.6) is 23.0 Å². The molecule has 0 N–H and O–H groups in total. The number of hydrazone groups is 1. The molecule has 0 atom stereocenters. The SMILES string of the molecule is C=CC(=O)OCCCCCCN(/N=C/c1cc(OC(=O)C2CCC(C(=O)Oc3ccc(CCCCC)cc3)CC2)ccc1OCC1CCC(C(=O)Oc2ccc(CCCCC)cc2)CC1)c1nc2ccccc2s1. The van der Waals surface area contributed by atoms with E-state index in [0.29, 0.717) is 74.0 Å². The highest BCUT2D eigenvalue weighted by Crippen LogP contribution is 2.35. The molecule has 12 nitrogen and oxygen atoms in total. The molecular formula is C61H75N3O9S. The van der Waals surface area contributed by atoms with Crippen molar-refractivity contribution in [2.75, 3.05) is 24.8 Å². The topological polar surface area (TPSA) is 143 Å². The zero-order chi connectivity index (χ0) is 51.9. The zero-order valence-electron chi connectivity index (χ0n) is 43.5. The van der Waals surface area contributed by atoms with Gasteiger partial charge in [-0.05, 0) is 168 Å². The van der Waals surface area contributed by atoms with Crippen molar-refractivity contribution in [3.63, 3.8) is 0 Å². The Kier molecular flexibility index (Phi) is 22.1. The summed E-state index contributed by atoms with van der Waals surface area (Å²) in [7, 11) is 0. The quantitative estimate of drug-likeness (QED) is 0.0118. The number of thiazole rings is 1. The fourth-order valence-corrected chi connectivity index (χ4v) is 10.6. The second kappa shape index (κ2) is 29.5. The maximum absolute atomic E-state index is 13.7. The summed E-state index contributed by atoms with van der Waals surface area (Å²) in [6.07, 6.45) is 20.6. The first kappa shape index (κ1) is 55.4. The molecule has 7 rings (SSSR count). The average Bonchev–Trinajstić information content (AvgIpc) is 3.87. The minimum Gasteiger partial charge on any atom is -0.493 e. The van der Waals surface area contributed by atoms with Crippen LogP contribution in [0.4, 0.5) is 5.13 Å². The number of esters is 4. The third kappa shape index (κ3) is 17.4. The van der Waals surface area contributed by atoms with Crippen LogP contribution in [0.25, 0.3) is 10.2 Å². The number of carbonyl (C=O) groups is 4. The molecule has 4 aromatic carbocycles. The van der Waals surface area contributed by atoms with E-state index in [4.69, 9.17) is 33.8 Å². The van der Waals surface area contributed by atoms with Crippen molar-refractivity contribution in [1.82, 2.24) is 4.98 Å². The second-order valence-electron chi connectivity index (χ2n) is 19.9. The van der Waals surface area contributed by atoms with Gasteiger partial charge in [0, 0.05) is 18.2 Å². The predicted octanol–water partition coefficient (Wildman–Crippen LogP) is 14.0. The molecule has 0 saturated heterocycles. The molecule has 74 heavy (non-hydrogen) atoms. The van der Waals surface area contributed by atoms with Crippen molar-refractivity contribution in [3.8, 4) is 23.0 Å². The summed E-state index contributed by atoms with van der Waals surface area (Å²) < 4.78 is 30.5. The minimum absolute atomic E-state index is 0.165. The molecule has 0 unspecified atom stereocenters. The van der Waals surface area contributed by atoms with Crippen LogP contribution in [0.15, 0.2) is 109 Å². The summed E-state index contributed by atoms with van der Waals surface area (Å²) >= 11 is 1.56. The number of rotatable bonds is 28. The lowest BCUT2D eigenvalue weighted by Gasteiger charge is -2.27. The van der Waals surface area contributed by atoms with Crippen LogP contribution in [-0.2, 0) is 36.8 Å². The van der Waals surface area contributed by atoms with Gasteiger partial charge in [-0.1, -0.05) is 100 Å². The van der Waals surface area contributed by atoms with Crippen LogP contribution in [0.1, 0.15) is 146 Å². The van der Waals surface area contributed by atoms with Gasteiger partial charge in [-0.15, -0.1) is 0 Å². The standard InChI is InChI=1S/C61H75N3O9S/c1-4-7-11-17-44-23-33-51(34-24-44)71-58(66)47-27-21-46(22-28-47)43-70-55-38-37-53(73-60(68)49-31-29-48(30-32-49)59(67)72-52-35-25-45(26-36-52)18-12-8-5-2)41-50(55)42-62-64(39-15-9-10-16-40-69-57(65)6-3)61-63-54-19-13-14-20-56(54)74-61/h6,13-14,19-20,23-26,33-38,41-42,46-49H,3-5,7-12,15-18,21-22,27-32,39-40,43H2,1-2H3/b62-42+. The Hall–Kier alpha value is -6.34. The molecule has 0 radical (unpaired) electrons. The molecule has 0 bridgehead atoms. The highest BCUT2D eigenvalue weighted by molar-refractivity contribution is 7.22. The van der Waals surface area contributed by atoms with E-state index >= 15 is 0 Å². The van der Waals surface area contributed by atoms with Gasteiger partial charge < -0.3 is 23.7 Å². The number of carbonyl (C=O) groups excluding carboxylic acids is 4. The third-order valence-electron chi connectivity index (χ3n) is 14.2. The van der Waals surface area contributed by atoms with E-state index in [-0.39, 0.29) is 41.6 Å². The maximum Gasteiger partial charge on any atom is 0.330 e. The van der Waals surface area contributed by atoms with E-state index in [1.54, 1.807) is 29.7 Å². The molecule has 5 aromatic rings. The molecule has 2 fully saturated rings. The number of para-hydroxylation sites is 1. The Morgan fingerprint density at radius 2 is 1.19 bits per heavy atom. The average molecular weight is 1030 g/mol. The zero-order valence-corrected chi connectivity index (χ0v) is 44.3. The van der Waals surface area contributed by atoms with Crippen molar-refractivity contribution in [2.45, 2.75) is 142 Å². The van der Waals surface area contributed by atoms with Gasteiger partial charge in [0.2, 0.25) is 5.13 Å². The Labute approximate surface area is 441 Å². The maximum atomic E-state index is 13.7. The van der Waals surface area contributed by atoms with Gasteiger partial charge in [0.25, 0.3) is 0 Å². The van der Waals surface area contributed by atoms with E-state index in [1.165, 1.54) is 42.9 Å². The first-order valence-electron chi connectivity index (χ1n) is 27.2. The van der Waals surface area contributed by atoms with Crippen LogP contribution in [0, 0.1) is 23.7 Å². The van der Waals surface area contributed by atoms with Gasteiger partial charge in [-0.3, -0.25) is 14.4 Å². The molecule has 2 saturated carbocycles. The second-order valence-corrected chi connectivity index (χ2v) is 20.9. The smallest absolute Gasteiger partial charge is 0.330 e. The van der Waals surface area contributed by atoms with Gasteiger partial charge in [0.15, 0.2) is 0 Å². The van der Waals surface area contributed by atoms with Gasteiger partial charge in [0.05, 0.1) is 47.4 Å². The molecule has 0 spiro atoms. The van der Waals surface area contributed by atoms with Crippen LogP contribution in [0.2, 0.25) is 0 Å². The molecule has 394 valence electrons. The van der Waals surface area contributed by atoms with Crippen molar-refractivity contribution in [1.29, 1.82) is 0 Å². The molecule has 2 aliphatic rings. The summed E-state index contributed by atoms with van der Waals surface area (Å²) in [6.45, 7) is 9.24. The van der Waals surface area contributed by atoms with E-state index in [2.05, 4.69) is 32.6 Å². The number of benzene rings is 4. The summed E-state index contributed by atoms with van der Waals surface area (Å²) in [6, 6.07) is 29.1. The number of fused-ring (bicyclic) bond motifs is 1.